The lowest BCUT2D eigenvalue weighted by molar-refractivity contribution is -0.124. The van der Waals surface area contributed by atoms with Crippen LogP contribution in [0.5, 0.6) is 11.5 Å². The molecule has 37 heavy (non-hydrogen) atoms. The van der Waals surface area contributed by atoms with Gasteiger partial charge >= 0.3 is 0 Å². The predicted molar refractivity (Wildman–Crippen MR) is 146 cm³/mol. The van der Waals surface area contributed by atoms with Gasteiger partial charge in [-0.3, -0.25) is 9.59 Å². The zero-order valence-electron chi connectivity index (χ0n) is 21.1. The van der Waals surface area contributed by atoms with Crippen molar-refractivity contribution >= 4 is 35.0 Å². The summed E-state index contributed by atoms with van der Waals surface area (Å²) in [5.41, 5.74) is 0. The fourth-order valence-electron chi connectivity index (χ4n) is 5.45. The molecule has 2 N–H and O–H groups in total. The number of ether oxygens (including phenoxy) is 2. The average Bonchev–Trinajstić information content (AvgIpc) is 2.90. The van der Waals surface area contributed by atoms with Crippen molar-refractivity contribution in [3.05, 3.63) is 58.6 Å². The molecule has 0 heterocycles. The van der Waals surface area contributed by atoms with Gasteiger partial charge in [-0.1, -0.05) is 23.2 Å². The van der Waals surface area contributed by atoms with Crippen LogP contribution in [0.4, 0.5) is 0 Å². The first-order valence-corrected chi connectivity index (χ1v) is 14.0. The third-order valence-corrected chi connectivity index (χ3v) is 7.96. The molecule has 0 aliphatic heterocycles. The number of benzene rings is 2. The molecule has 6 nitrogen and oxygen atoms in total. The predicted octanol–water partition coefficient (Wildman–Crippen LogP) is 6.19. The van der Waals surface area contributed by atoms with Gasteiger partial charge in [0.1, 0.15) is 11.5 Å². The van der Waals surface area contributed by atoms with Crippen molar-refractivity contribution in [2.24, 2.45) is 11.8 Å². The van der Waals surface area contributed by atoms with Crippen LogP contribution in [-0.4, -0.2) is 37.1 Å². The van der Waals surface area contributed by atoms with Crippen LogP contribution in [0.1, 0.15) is 57.8 Å². The maximum absolute atomic E-state index is 12.3. The van der Waals surface area contributed by atoms with Crippen LogP contribution in [0.25, 0.3) is 0 Å². The Morgan fingerprint density at radius 3 is 1.32 bits per heavy atom. The summed E-state index contributed by atoms with van der Waals surface area (Å²) in [7, 11) is 0. The molecule has 0 spiro atoms. The van der Waals surface area contributed by atoms with Crippen molar-refractivity contribution in [2.75, 3.05) is 13.2 Å². The lowest BCUT2D eigenvalue weighted by Crippen LogP contribution is -2.41. The van der Waals surface area contributed by atoms with Crippen molar-refractivity contribution < 1.29 is 19.1 Å². The molecule has 2 fully saturated rings. The van der Waals surface area contributed by atoms with Gasteiger partial charge in [0.15, 0.2) is 13.2 Å². The molecule has 2 aromatic carbocycles. The molecule has 2 saturated carbocycles. The van der Waals surface area contributed by atoms with E-state index in [1.807, 2.05) is 0 Å². The molecule has 0 saturated heterocycles. The van der Waals surface area contributed by atoms with Gasteiger partial charge in [-0.15, -0.1) is 0 Å². The molecule has 2 amide bonds. The highest BCUT2D eigenvalue weighted by Gasteiger charge is 2.28. The van der Waals surface area contributed by atoms with E-state index in [0.29, 0.717) is 21.5 Å². The molecule has 0 aromatic heterocycles. The minimum atomic E-state index is -0.0719. The van der Waals surface area contributed by atoms with Crippen molar-refractivity contribution in [2.45, 2.75) is 69.9 Å². The second-order valence-corrected chi connectivity index (χ2v) is 11.2. The van der Waals surface area contributed by atoms with Crippen molar-refractivity contribution in [1.82, 2.24) is 10.6 Å². The van der Waals surface area contributed by atoms with E-state index < -0.39 is 0 Å². The molecule has 8 heteroatoms. The second kappa shape index (κ2) is 13.9. The minimum absolute atomic E-state index is 0.0224. The van der Waals surface area contributed by atoms with Gasteiger partial charge in [-0.25, -0.2) is 0 Å². The topological polar surface area (TPSA) is 76.7 Å². The highest BCUT2D eigenvalue weighted by atomic mass is 35.5. The van der Waals surface area contributed by atoms with Crippen LogP contribution in [0.2, 0.25) is 10.0 Å². The largest absolute Gasteiger partial charge is 0.484 e. The molecule has 0 radical (unpaired) electrons. The summed E-state index contributed by atoms with van der Waals surface area (Å²) < 4.78 is 11.1. The zero-order chi connectivity index (χ0) is 26.0. The first-order chi connectivity index (χ1) is 17.9. The molecule has 4 rings (SSSR count). The van der Waals surface area contributed by atoms with Gasteiger partial charge in [-0.05, 0) is 118 Å². The molecule has 2 aliphatic carbocycles. The highest BCUT2D eigenvalue weighted by Crippen LogP contribution is 2.35. The van der Waals surface area contributed by atoms with Crippen LogP contribution >= 0.6 is 23.2 Å². The number of rotatable bonds is 10. The lowest BCUT2D eigenvalue weighted by atomic mass is 9.75. The Morgan fingerprint density at radius 2 is 0.973 bits per heavy atom. The molecular formula is C29H36Cl2N2O4. The standard InChI is InChI=1S/C29H36Cl2N2O4/c30-22-5-13-26(14-6-22)36-18-28(34)32-24-9-1-20(2-10-24)17-21-3-11-25(12-4-21)33-29(35)19-37-27-15-7-23(31)8-16-27/h5-8,13-16,20-21,24-25H,1-4,9-12,17-19H2,(H,32,34)(H,33,35). The maximum Gasteiger partial charge on any atom is 0.258 e. The summed E-state index contributed by atoms with van der Waals surface area (Å²) >= 11 is 11.8. The fourth-order valence-corrected chi connectivity index (χ4v) is 5.71. The van der Waals surface area contributed by atoms with Gasteiger partial charge in [-0.2, -0.15) is 0 Å². The van der Waals surface area contributed by atoms with E-state index in [9.17, 15) is 9.59 Å². The van der Waals surface area contributed by atoms with Gasteiger partial charge in [0.05, 0.1) is 0 Å². The highest BCUT2D eigenvalue weighted by molar-refractivity contribution is 6.30. The number of carbonyl (C=O) groups is 2. The lowest BCUT2D eigenvalue weighted by Gasteiger charge is -2.34. The number of hydrogen-bond donors (Lipinski definition) is 2. The van der Waals surface area contributed by atoms with E-state index in [1.165, 1.54) is 6.42 Å². The fraction of sp³-hybridized carbons (Fsp3) is 0.517. The third kappa shape index (κ3) is 9.42. The molecule has 200 valence electrons. The molecular weight excluding hydrogens is 511 g/mol. The average molecular weight is 548 g/mol. The summed E-state index contributed by atoms with van der Waals surface area (Å²) in [6.07, 6.45) is 9.97. The first kappa shape index (κ1) is 27.6. The van der Waals surface area contributed by atoms with E-state index in [1.54, 1.807) is 48.5 Å². The van der Waals surface area contributed by atoms with Gasteiger partial charge in [0.2, 0.25) is 0 Å². The van der Waals surface area contributed by atoms with Gasteiger partial charge < -0.3 is 20.1 Å². The Kier molecular flexibility index (Phi) is 10.4. The number of amides is 2. The van der Waals surface area contributed by atoms with E-state index in [2.05, 4.69) is 10.6 Å². The summed E-state index contributed by atoms with van der Waals surface area (Å²) in [5, 5.41) is 7.54. The molecule has 0 atom stereocenters. The minimum Gasteiger partial charge on any atom is -0.484 e. The Labute approximate surface area is 229 Å². The monoisotopic (exact) mass is 546 g/mol. The van der Waals surface area contributed by atoms with Crippen LogP contribution in [-0.2, 0) is 9.59 Å². The molecule has 0 unspecified atom stereocenters. The molecule has 0 bridgehead atoms. The van der Waals surface area contributed by atoms with Crippen molar-refractivity contribution in [3.8, 4) is 11.5 Å². The Morgan fingerprint density at radius 1 is 0.622 bits per heavy atom. The SMILES string of the molecule is O=C(COc1ccc(Cl)cc1)NC1CCC(CC2CCC(NC(=O)COc3ccc(Cl)cc3)CC2)CC1. The Balaban J connectivity index is 1.06. The van der Waals surface area contributed by atoms with E-state index in [0.717, 1.165) is 63.2 Å². The van der Waals surface area contributed by atoms with Crippen LogP contribution in [0.3, 0.4) is 0 Å². The van der Waals surface area contributed by atoms with Gasteiger partial charge in [0.25, 0.3) is 11.8 Å². The van der Waals surface area contributed by atoms with Crippen molar-refractivity contribution in [3.63, 3.8) is 0 Å². The smallest absolute Gasteiger partial charge is 0.258 e. The van der Waals surface area contributed by atoms with Crippen LogP contribution in [0.15, 0.2) is 48.5 Å². The Hall–Kier alpha value is -2.44. The third-order valence-electron chi connectivity index (χ3n) is 7.46. The molecule has 2 aliphatic rings. The van der Waals surface area contributed by atoms with E-state index >= 15 is 0 Å². The number of carbonyl (C=O) groups excluding carboxylic acids is 2. The normalized spacial score (nSPS) is 23.6. The molecule has 2 aromatic rings. The number of nitrogens with one attached hydrogen (secondary N) is 2. The summed E-state index contributed by atoms with van der Waals surface area (Å²) in [6, 6.07) is 14.5. The van der Waals surface area contributed by atoms with E-state index in [-0.39, 0.29) is 37.1 Å². The quantitative estimate of drug-likeness (QED) is 0.372. The van der Waals surface area contributed by atoms with Gasteiger partial charge in [0, 0.05) is 22.1 Å². The summed E-state index contributed by atoms with van der Waals surface area (Å²) in [5.74, 6) is 2.59. The second-order valence-electron chi connectivity index (χ2n) is 10.3. The van der Waals surface area contributed by atoms with Crippen molar-refractivity contribution in [1.29, 1.82) is 0 Å². The van der Waals surface area contributed by atoms with Crippen LogP contribution < -0.4 is 20.1 Å². The zero-order valence-corrected chi connectivity index (χ0v) is 22.6. The Bertz CT molecular complexity index is 918. The number of hydrogen-bond acceptors (Lipinski definition) is 4. The first-order valence-electron chi connectivity index (χ1n) is 13.3. The summed E-state index contributed by atoms with van der Waals surface area (Å²) in [6.45, 7) is 0.0448. The maximum atomic E-state index is 12.3. The summed E-state index contributed by atoms with van der Waals surface area (Å²) in [4.78, 5) is 24.6. The van der Waals surface area contributed by atoms with E-state index in [4.69, 9.17) is 32.7 Å². The van der Waals surface area contributed by atoms with Crippen LogP contribution in [0, 0.1) is 11.8 Å². The number of halogens is 2.